The van der Waals surface area contributed by atoms with E-state index in [1.165, 1.54) is 65.3 Å². The second kappa shape index (κ2) is 8.52. The standard InChI is InChI=1S/C24H33NS/c1-5-6-7-8-9-14-19(24(2,3)4)18-13-12-17-22-23(18)25-20-15-10-11-16-21(20)26-22/h10-13,15-17,19,25H,5-9,14H2,1-4H3. The van der Waals surface area contributed by atoms with Gasteiger partial charge in [-0.15, -0.1) is 0 Å². The zero-order chi connectivity index (χ0) is 18.6. The van der Waals surface area contributed by atoms with Crippen molar-refractivity contribution in [1.29, 1.82) is 0 Å². The number of rotatable bonds is 7. The van der Waals surface area contributed by atoms with Crippen LogP contribution < -0.4 is 5.32 Å². The third-order valence-corrected chi connectivity index (χ3v) is 6.58. The van der Waals surface area contributed by atoms with Gasteiger partial charge in [0.25, 0.3) is 0 Å². The van der Waals surface area contributed by atoms with Crippen molar-refractivity contribution in [2.24, 2.45) is 5.41 Å². The highest BCUT2D eigenvalue weighted by Gasteiger charge is 2.30. The fourth-order valence-corrected chi connectivity index (χ4v) is 5.01. The minimum atomic E-state index is 0.267. The van der Waals surface area contributed by atoms with Crippen LogP contribution in [0, 0.1) is 5.41 Å². The van der Waals surface area contributed by atoms with Crippen LogP contribution in [0.1, 0.15) is 77.7 Å². The molecule has 0 saturated heterocycles. The van der Waals surface area contributed by atoms with Gasteiger partial charge in [-0.3, -0.25) is 0 Å². The fraction of sp³-hybridized carbons (Fsp3) is 0.500. The van der Waals surface area contributed by atoms with Gasteiger partial charge in [-0.05, 0) is 41.5 Å². The maximum Gasteiger partial charge on any atom is 0.0561 e. The first-order valence-electron chi connectivity index (χ1n) is 10.2. The second-order valence-corrected chi connectivity index (χ2v) is 9.65. The topological polar surface area (TPSA) is 12.0 Å². The molecule has 1 atom stereocenters. The largest absolute Gasteiger partial charge is 0.353 e. The predicted octanol–water partition coefficient (Wildman–Crippen LogP) is 8.39. The van der Waals surface area contributed by atoms with E-state index in [0.717, 1.165) is 0 Å². The molecule has 1 aliphatic rings. The summed E-state index contributed by atoms with van der Waals surface area (Å²) in [6.45, 7) is 9.47. The molecule has 0 aromatic heterocycles. The van der Waals surface area contributed by atoms with E-state index >= 15 is 0 Å². The molecule has 0 aliphatic carbocycles. The Kier molecular flexibility index (Phi) is 6.34. The Labute approximate surface area is 164 Å². The molecule has 0 radical (unpaired) electrons. The van der Waals surface area contributed by atoms with Gasteiger partial charge >= 0.3 is 0 Å². The first kappa shape index (κ1) is 19.4. The molecule has 0 fully saturated rings. The van der Waals surface area contributed by atoms with Crippen LogP contribution in [-0.2, 0) is 0 Å². The smallest absolute Gasteiger partial charge is 0.0561 e. The van der Waals surface area contributed by atoms with E-state index in [0.29, 0.717) is 5.92 Å². The summed E-state index contributed by atoms with van der Waals surface area (Å²) in [4.78, 5) is 2.69. The third-order valence-electron chi connectivity index (χ3n) is 5.44. The van der Waals surface area contributed by atoms with Crippen molar-refractivity contribution in [3.8, 4) is 0 Å². The first-order valence-corrected chi connectivity index (χ1v) is 11.0. The molecule has 2 aromatic rings. The van der Waals surface area contributed by atoms with Gasteiger partial charge in [-0.25, -0.2) is 0 Å². The monoisotopic (exact) mass is 367 g/mol. The lowest BCUT2D eigenvalue weighted by Crippen LogP contribution is -2.20. The van der Waals surface area contributed by atoms with E-state index in [1.807, 2.05) is 11.8 Å². The number of para-hydroxylation sites is 2. The molecule has 2 heteroatoms. The minimum Gasteiger partial charge on any atom is -0.353 e. The predicted molar refractivity (Wildman–Crippen MR) is 116 cm³/mol. The summed E-state index contributed by atoms with van der Waals surface area (Å²) < 4.78 is 0. The maximum absolute atomic E-state index is 3.75. The SMILES string of the molecule is CCCCCCCC(c1cccc2c1Nc1ccccc1S2)C(C)(C)C. The Morgan fingerprint density at radius 2 is 1.62 bits per heavy atom. The molecular formula is C24H33NS. The molecule has 1 nitrogen and oxygen atoms in total. The molecule has 2 aromatic carbocycles. The molecule has 3 rings (SSSR count). The van der Waals surface area contributed by atoms with Gasteiger partial charge in [-0.2, -0.15) is 0 Å². The Morgan fingerprint density at radius 1 is 0.885 bits per heavy atom. The van der Waals surface area contributed by atoms with Gasteiger partial charge in [0.05, 0.1) is 11.4 Å². The Bertz CT molecular complexity index is 729. The maximum atomic E-state index is 3.75. The van der Waals surface area contributed by atoms with Gasteiger partial charge in [0, 0.05) is 9.79 Å². The Morgan fingerprint density at radius 3 is 2.38 bits per heavy atom. The van der Waals surface area contributed by atoms with Crippen molar-refractivity contribution in [1.82, 2.24) is 0 Å². The molecule has 0 spiro atoms. The zero-order valence-electron chi connectivity index (χ0n) is 16.8. The quantitative estimate of drug-likeness (QED) is 0.421. The number of fused-ring (bicyclic) bond motifs is 2. The second-order valence-electron chi connectivity index (χ2n) is 8.57. The number of benzene rings is 2. The van der Waals surface area contributed by atoms with E-state index < -0.39 is 0 Å². The summed E-state index contributed by atoms with van der Waals surface area (Å²) in [6, 6.07) is 15.5. The van der Waals surface area contributed by atoms with Gasteiger partial charge < -0.3 is 5.32 Å². The van der Waals surface area contributed by atoms with Crippen LogP contribution in [0.3, 0.4) is 0 Å². The Hall–Kier alpha value is -1.41. The molecule has 0 saturated carbocycles. The zero-order valence-corrected chi connectivity index (χ0v) is 17.6. The summed E-state index contributed by atoms with van der Waals surface area (Å²) >= 11 is 1.90. The van der Waals surface area contributed by atoms with Gasteiger partial charge in [0.15, 0.2) is 0 Å². The third kappa shape index (κ3) is 4.46. The van der Waals surface area contributed by atoms with Crippen molar-refractivity contribution < 1.29 is 0 Å². The van der Waals surface area contributed by atoms with Crippen LogP contribution in [-0.4, -0.2) is 0 Å². The minimum absolute atomic E-state index is 0.267. The average Bonchev–Trinajstić information content (AvgIpc) is 2.62. The van der Waals surface area contributed by atoms with Crippen molar-refractivity contribution in [2.75, 3.05) is 5.32 Å². The highest BCUT2D eigenvalue weighted by Crippen LogP contribution is 2.50. The molecule has 1 unspecified atom stereocenters. The summed E-state index contributed by atoms with van der Waals surface area (Å²) in [6.07, 6.45) is 8.03. The van der Waals surface area contributed by atoms with E-state index in [2.05, 4.69) is 75.5 Å². The lowest BCUT2D eigenvalue weighted by atomic mass is 9.73. The number of anilines is 2. The van der Waals surface area contributed by atoms with Crippen LogP contribution in [0.2, 0.25) is 0 Å². The van der Waals surface area contributed by atoms with Crippen molar-refractivity contribution in [3.05, 3.63) is 48.0 Å². The summed E-state index contributed by atoms with van der Waals surface area (Å²) in [5.41, 5.74) is 4.34. The number of nitrogens with one attached hydrogen (secondary N) is 1. The molecule has 1 aliphatic heterocycles. The van der Waals surface area contributed by atoms with Crippen LogP contribution in [0.25, 0.3) is 0 Å². The van der Waals surface area contributed by atoms with E-state index in [-0.39, 0.29) is 5.41 Å². The normalized spacial score (nSPS) is 14.3. The summed E-state index contributed by atoms with van der Waals surface area (Å²) in [7, 11) is 0. The summed E-state index contributed by atoms with van der Waals surface area (Å²) in [5, 5.41) is 3.75. The lowest BCUT2D eigenvalue weighted by molar-refractivity contribution is 0.297. The number of unbranched alkanes of at least 4 members (excludes halogenated alkanes) is 4. The fourth-order valence-electron chi connectivity index (χ4n) is 3.98. The average molecular weight is 368 g/mol. The number of hydrogen-bond donors (Lipinski definition) is 1. The van der Waals surface area contributed by atoms with Crippen LogP contribution >= 0.6 is 11.8 Å². The van der Waals surface area contributed by atoms with Crippen LogP contribution in [0.15, 0.2) is 52.3 Å². The lowest BCUT2D eigenvalue weighted by Gasteiger charge is -2.34. The van der Waals surface area contributed by atoms with E-state index in [4.69, 9.17) is 0 Å². The number of hydrogen-bond acceptors (Lipinski definition) is 2. The molecule has 1 heterocycles. The molecule has 0 bridgehead atoms. The van der Waals surface area contributed by atoms with Gasteiger partial charge in [0.1, 0.15) is 0 Å². The molecule has 26 heavy (non-hydrogen) atoms. The van der Waals surface area contributed by atoms with Crippen LogP contribution in [0.4, 0.5) is 11.4 Å². The van der Waals surface area contributed by atoms with E-state index in [1.54, 1.807) is 0 Å². The molecule has 1 N–H and O–H groups in total. The highest BCUT2D eigenvalue weighted by molar-refractivity contribution is 7.99. The van der Waals surface area contributed by atoms with Crippen molar-refractivity contribution >= 4 is 23.1 Å². The van der Waals surface area contributed by atoms with Crippen molar-refractivity contribution in [2.45, 2.75) is 81.9 Å². The summed E-state index contributed by atoms with van der Waals surface area (Å²) in [5.74, 6) is 0.581. The first-order chi connectivity index (χ1) is 12.5. The molecular weight excluding hydrogens is 334 g/mol. The van der Waals surface area contributed by atoms with Crippen LogP contribution in [0.5, 0.6) is 0 Å². The van der Waals surface area contributed by atoms with E-state index in [9.17, 15) is 0 Å². The van der Waals surface area contributed by atoms with Crippen molar-refractivity contribution in [3.63, 3.8) is 0 Å². The van der Waals surface area contributed by atoms with Gasteiger partial charge in [-0.1, -0.05) is 95.8 Å². The van der Waals surface area contributed by atoms with Gasteiger partial charge in [0.2, 0.25) is 0 Å². The highest BCUT2D eigenvalue weighted by atomic mass is 32.2. The Balaban J connectivity index is 1.84. The molecule has 140 valence electrons. The molecule has 0 amide bonds.